The summed E-state index contributed by atoms with van der Waals surface area (Å²) < 4.78 is 6.98. The van der Waals surface area contributed by atoms with Crippen LogP contribution < -0.4 is 4.74 Å². The molecule has 2 atom stereocenters. The Kier molecular flexibility index (Phi) is 5.68. The molecule has 3 aliphatic rings. The fourth-order valence-corrected chi connectivity index (χ4v) is 8.71. The summed E-state index contributed by atoms with van der Waals surface area (Å²) in [6.07, 6.45) is 13.7. The zero-order valence-electron chi connectivity index (χ0n) is 27.0. The summed E-state index contributed by atoms with van der Waals surface area (Å²) in [6.45, 7) is 0. The first-order chi connectivity index (χ1) is 24.2. The first kappa shape index (κ1) is 27.1. The van der Waals surface area contributed by atoms with Crippen LogP contribution >= 0.6 is 0 Å². The third-order valence-corrected chi connectivity index (χ3v) is 11.2. The van der Waals surface area contributed by atoms with Gasteiger partial charge in [0.25, 0.3) is 0 Å². The summed E-state index contributed by atoms with van der Waals surface area (Å²) in [7, 11) is 0. The maximum Gasteiger partial charge on any atom is 0.132 e. The van der Waals surface area contributed by atoms with E-state index in [9.17, 15) is 0 Å². The van der Waals surface area contributed by atoms with Gasteiger partial charge in [-0.2, -0.15) is 0 Å². The van der Waals surface area contributed by atoms with Gasteiger partial charge in [0.2, 0.25) is 0 Å². The molecule has 0 fully saturated rings. The van der Waals surface area contributed by atoms with Crippen molar-refractivity contribution in [2.24, 2.45) is 0 Å². The number of benzene rings is 8. The second-order valence-electron chi connectivity index (χ2n) is 13.9. The lowest BCUT2D eigenvalue weighted by Crippen LogP contribution is -2.17. The lowest BCUT2D eigenvalue weighted by Gasteiger charge is -2.19. The molecule has 1 aliphatic heterocycles. The quantitative estimate of drug-likeness (QED) is 0.178. The van der Waals surface area contributed by atoms with Crippen molar-refractivity contribution >= 4 is 54.7 Å². The van der Waals surface area contributed by atoms with Gasteiger partial charge in [-0.05, 0) is 125 Å². The monoisotopic (exact) mass is 624 g/mol. The summed E-state index contributed by atoms with van der Waals surface area (Å²) >= 11 is 0. The highest BCUT2D eigenvalue weighted by molar-refractivity contribution is 6.25. The first-order valence-electron chi connectivity index (χ1n) is 17.5. The van der Waals surface area contributed by atoms with Crippen LogP contribution in [0.25, 0.3) is 77.0 Å². The summed E-state index contributed by atoms with van der Waals surface area (Å²) in [5.41, 5.74) is 11.4. The second-order valence-corrected chi connectivity index (χ2v) is 13.9. The molecule has 0 saturated carbocycles. The Bertz CT molecular complexity index is 2740. The lowest BCUT2D eigenvalue weighted by molar-refractivity contribution is 0.270. The number of allylic oxidation sites excluding steroid dienone is 3. The minimum atomic E-state index is -0.0422. The molecule has 0 amide bonds. The molecule has 0 spiro atoms. The molecule has 49 heavy (non-hydrogen) atoms. The van der Waals surface area contributed by atoms with Crippen molar-refractivity contribution in [1.29, 1.82) is 0 Å². The smallest absolute Gasteiger partial charge is 0.132 e. The van der Waals surface area contributed by atoms with Crippen LogP contribution in [0.4, 0.5) is 0 Å². The molecule has 8 aromatic rings. The van der Waals surface area contributed by atoms with Gasteiger partial charge in [0.15, 0.2) is 0 Å². The van der Waals surface area contributed by atoms with Crippen LogP contribution in [0.3, 0.4) is 0 Å². The van der Waals surface area contributed by atoms with E-state index < -0.39 is 0 Å². The van der Waals surface area contributed by atoms with Gasteiger partial charge in [-0.1, -0.05) is 127 Å². The fraction of sp³-hybridized carbons (Fsp3) is 0.0833. The van der Waals surface area contributed by atoms with Gasteiger partial charge in [-0.25, -0.2) is 0 Å². The molecule has 0 aromatic heterocycles. The summed E-state index contributed by atoms with van der Waals surface area (Å²) in [6, 6.07) is 47.6. The molecule has 8 aromatic carbocycles. The molecule has 1 heteroatoms. The average Bonchev–Trinajstić information content (AvgIpc) is 3.54. The van der Waals surface area contributed by atoms with Crippen LogP contribution in [0.5, 0.6) is 5.75 Å². The van der Waals surface area contributed by atoms with E-state index in [1.54, 1.807) is 0 Å². The van der Waals surface area contributed by atoms with Gasteiger partial charge in [0.1, 0.15) is 11.9 Å². The van der Waals surface area contributed by atoms with Gasteiger partial charge >= 0.3 is 0 Å². The normalized spacial score (nSPS) is 17.8. The van der Waals surface area contributed by atoms with Gasteiger partial charge in [0, 0.05) is 17.0 Å². The van der Waals surface area contributed by atoms with E-state index in [0.717, 1.165) is 18.6 Å². The van der Waals surface area contributed by atoms with Crippen LogP contribution in [-0.2, 0) is 6.42 Å². The van der Waals surface area contributed by atoms with E-state index in [1.165, 1.54) is 93.2 Å². The Morgan fingerprint density at radius 3 is 2.24 bits per heavy atom. The Balaban J connectivity index is 1.14. The van der Waals surface area contributed by atoms with Crippen LogP contribution in [0.1, 0.15) is 34.6 Å². The lowest BCUT2D eigenvalue weighted by atomic mass is 9.83. The number of hydrogen-bond acceptors (Lipinski definition) is 1. The van der Waals surface area contributed by atoms with Gasteiger partial charge < -0.3 is 4.74 Å². The Morgan fingerprint density at radius 1 is 0.551 bits per heavy atom. The minimum Gasteiger partial charge on any atom is -0.484 e. The van der Waals surface area contributed by atoms with Crippen LogP contribution in [-0.4, -0.2) is 6.10 Å². The molecule has 0 N–H and O–H groups in total. The minimum absolute atomic E-state index is 0.0422. The van der Waals surface area contributed by atoms with Crippen LogP contribution in [0, 0.1) is 0 Å². The van der Waals surface area contributed by atoms with Crippen molar-refractivity contribution in [3.8, 4) is 28.0 Å². The van der Waals surface area contributed by atoms with E-state index in [-0.39, 0.29) is 12.0 Å². The predicted octanol–water partition coefficient (Wildman–Crippen LogP) is 12.5. The van der Waals surface area contributed by atoms with Crippen molar-refractivity contribution in [1.82, 2.24) is 0 Å². The molecule has 0 radical (unpaired) electrons. The third kappa shape index (κ3) is 4.12. The largest absolute Gasteiger partial charge is 0.484 e. The van der Waals surface area contributed by atoms with E-state index in [2.05, 4.69) is 158 Å². The van der Waals surface area contributed by atoms with Gasteiger partial charge in [-0.3, -0.25) is 0 Å². The highest BCUT2D eigenvalue weighted by Gasteiger charge is 2.36. The summed E-state index contributed by atoms with van der Waals surface area (Å²) in [5.74, 6) is 1.13. The Morgan fingerprint density at radius 2 is 1.33 bits per heavy atom. The van der Waals surface area contributed by atoms with Crippen molar-refractivity contribution in [2.75, 3.05) is 0 Å². The molecule has 0 bridgehead atoms. The molecule has 1 nitrogen and oxygen atoms in total. The van der Waals surface area contributed by atoms with Crippen molar-refractivity contribution in [3.63, 3.8) is 0 Å². The van der Waals surface area contributed by atoms with E-state index >= 15 is 0 Å². The van der Waals surface area contributed by atoms with E-state index in [0.29, 0.717) is 0 Å². The van der Waals surface area contributed by atoms with Gasteiger partial charge in [-0.15, -0.1) is 0 Å². The molecule has 2 unspecified atom stereocenters. The van der Waals surface area contributed by atoms with E-state index in [4.69, 9.17) is 4.74 Å². The van der Waals surface area contributed by atoms with Crippen molar-refractivity contribution < 1.29 is 4.74 Å². The molecule has 0 saturated heterocycles. The number of hydrogen-bond donors (Lipinski definition) is 0. The zero-order chi connectivity index (χ0) is 32.1. The average molecular weight is 625 g/mol. The molecular formula is C48H32O. The van der Waals surface area contributed by atoms with Crippen LogP contribution in [0.2, 0.25) is 0 Å². The molecule has 1 heterocycles. The highest BCUT2D eigenvalue weighted by Crippen LogP contribution is 2.52. The van der Waals surface area contributed by atoms with E-state index in [1.807, 2.05) is 0 Å². The maximum absolute atomic E-state index is 6.98. The summed E-state index contributed by atoms with van der Waals surface area (Å²) in [5, 5.41) is 10.3. The highest BCUT2D eigenvalue weighted by atomic mass is 16.5. The predicted molar refractivity (Wildman–Crippen MR) is 207 cm³/mol. The fourth-order valence-electron chi connectivity index (χ4n) is 8.71. The molecular weight excluding hydrogens is 593 g/mol. The number of aryl methyl sites for hydroxylation is 1. The first-order valence-corrected chi connectivity index (χ1v) is 17.5. The Labute approximate surface area is 285 Å². The van der Waals surface area contributed by atoms with Crippen molar-refractivity contribution in [3.05, 3.63) is 174 Å². The Hall–Kier alpha value is -5.92. The van der Waals surface area contributed by atoms with Gasteiger partial charge in [0.05, 0.1) is 0 Å². The zero-order valence-corrected chi connectivity index (χ0v) is 27.0. The standard InChI is InChI=1S/C48H32O/c1-3-8-34-24-36(16-12-29(34)6-1)38-20-23-45-42(26-38)44-28-39(37-17-13-30-7-2-4-9-35(30)25-37)27-43(48(44)49-45)40-21-18-33-15-14-31-10-5-11-32-19-22-41(40)47(33)46(31)32/h1,3-6,8-28,42,45H,2,7H2. The number of ether oxygens (including phenoxy) is 1. The summed E-state index contributed by atoms with van der Waals surface area (Å²) in [4.78, 5) is 0. The maximum atomic E-state index is 6.98. The van der Waals surface area contributed by atoms with Crippen LogP contribution in [0.15, 0.2) is 152 Å². The SMILES string of the molecule is C1=Cc2cc(-c3cc(-c4ccc5ccc6cccc7ccc4c5c67)c4c(c3)C3C=C(c5ccc6ccccc6c5)C=CC3O4)ccc2CC1. The number of rotatable bonds is 3. The molecule has 2 aliphatic carbocycles. The number of fused-ring (bicyclic) bond motifs is 5. The topological polar surface area (TPSA) is 9.23 Å². The molecule has 230 valence electrons. The van der Waals surface area contributed by atoms with Crippen molar-refractivity contribution in [2.45, 2.75) is 24.9 Å². The third-order valence-electron chi connectivity index (χ3n) is 11.2. The molecule has 11 rings (SSSR count). The second kappa shape index (κ2) is 10.3.